The lowest BCUT2D eigenvalue weighted by molar-refractivity contribution is 0.585. The van der Waals surface area contributed by atoms with Gasteiger partial charge < -0.3 is 10.6 Å². The van der Waals surface area contributed by atoms with E-state index in [9.17, 15) is 8.78 Å². The maximum atomic E-state index is 13.7. The van der Waals surface area contributed by atoms with Crippen LogP contribution in [0.5, 0.6) is 0 Å². The second kappa shape index (κ2) is 6.49. The van der Waals surface area contributed by atoms with E-state index in [4.69, 9.17) is 12.2 Å². The first-order chi connectivity index (χ1) is 9.86. The van der Waals surface area contributed by atoms with Gasteiger partial charge in [0.05, 0.1) is 5.69 Å². The van der Waals surface area contributed by atoms with Crippen LogP contribution in [0.25, 0.3) is 0 Å². The van der Waals surface area contributed by atoms with Gasteiger partial charge in [-0.25, -0.2) is 8.78 Å². The first-order valence-corrected chi connectivity index (χ1v) is 7.37. The Balaban J connectivity index is 2.17. The average Bonchev–Trinajstić information content (AvgIpc) is 2.38. The Hall–Kier alpha value is -1.53. The molecule has 2 N–H and O–H groups in total. The zero-order valence-corrected chi connectivity index (χ0v) is 13.8. The Morgan fingerprint density at radius 2 is 1.81 bits per heavy atom. The van der Waals surface area contributed by atoms with E-state index in [1.54, 1.807) is 0 Å². The lowest BCUT2D eigenvalue weighted by Gasteiger charge is -2.14. The number of thiocarbonyl (C=S) groups is 1. The molecule has 0 radical (unpaired) electrons. The highest BCUT2D eigenvalue weighted by molar-refractivity contribution is 9.10. The number of aryl methyl sites for hydroxylation is 2. The van der Waals surface area contributed by atoms with Crippen molar-refractivity contribution in [2.75, 3.05) is 10.6 Å². The summed E-state index contributed by atoms with van der Waals surface area (Å²) in [7, 11) is 0. The zero-order valence-electron chi connectivity index (χ0n) is 11.4. The Bertz CT molecular complexity index is 681. The number of nitrogens with one attached hydrogen (secondary N) is 2. The van der Waals surface area contributed by atoms with Gasteiger partial charge in [0.25, 0.3) is 0 Å². The van der Waals surface area contributed by atoms with Crippen LogP contribution in [0, 0.1) is 25.5 Å². The van der Waals surface area contributed by atoms with Crippen molar-refractivity contribution in [2.45, 2.75) is 13.8 Å². The van der Waals surface area contributed by atoms with Gasteiger partial charge in [0.15, 0.2) is 10.9 Å². The molecule has 0 atom stereocenters. The molecule has 2 aromatic rings. The third-order valence-corrected chi connectivity index (χ3v) is 3.72. The smallest absolute Gasteiger partial charge is 0.175 e. The Morgan fingerprint density at radius 1 is 1.10 bits per heavy atom. The topological polar surface area (TPSA) is 24.1 Å². The van der Waals surface area contributed by atoms with Gasteiger partial charge in [-0.05, 0) is 65.3 Å². The maximum absolute atomic E-state index is 13.7. The van der Waals surface area contributed by atoms with Crippen molar-refractivity contribution in [1.82, 2.24) is 0 Å². The maximum Gasteiger partial charge on any atom is 0.175 e. The van der Waals surface area contributed by atoms with Crippen LogP contribution in [0.3, 0.4) is 0 Å². The zero-order chi connectivity index (χ0) is 15.6. The van der Waals surface area contributed by atoms with Crippen molar-refractivity contribution in [2.24, 2.45) is 0 Å². The molecule has 0 fully saturated rings. The van der Waals surface area contributed by atoms with Crippen LogP contribution >= 0.6 is 28.1 Å². The van der Waals surface area contributed by atoms with Crippen molar-refractivity contribution in [3.8, 4) is 0 Å². The predicted octanol–water partition coefficient (Wildman–Crippen LogP) is 5.15. The minimum atomic E-state index is -0.716. The number of rotatable bonds is 2. The minimum absolute atomic E-state index is 0.0965. The summed E-state index contributed by atoms with van der Waals surface area (Å²) in [5.74, 6) is -1.37. The van der Waals surface area contributed by atoms with Gasteiger partial charge in [0.2, 0.25) is 0 Å². The van der Waals surface area contributed by atoms with Crippen LogP contribution in [-0.4, -0.2) is 5.11 Å². The third kappa shape index (κ3) is 3.98. The van der Waals surface area contributed by atoms with E-state index in [-0.39, 0.29) is 15.3 Å². The molecule has 0 aliphatic heterocycles. The SMILES string of the molecule is Cc1ccc(C)c(NC(=S)Nc2c(F)cc(F)cc2Br)c1. The fourth-order valence-electron chi connectivity index (χ4n) is 1.80. The fraction of sp³-hybridized carbons (Fsp3) is 0.133. The van der Waals surface area contributed by atoms with Crippen LogP contribution in [0.1, 0.15) is 11.1 Å². The number of halogens is 3. The molecule has 2 aromatic carbocycles. The molecule has 0 saturated heterocycles. The predicted molar refractivity (Wildman–Crippen MR) is 89.8 cm³/mol. The molecule has 0 amide bonds. The van der Waals surface area contributed by atoms with Crippen LogP contribution in [-0.2, 0) is 0 Å². The summed E-state index contributed by atoms with van der Waals surface area (Å²) in [6.45, 7) is 3.91. The monoisotopic (exact) mass is 370 g/mol. The van der Waals surface area contributed by atoms with E-state index >= 15 is 0 Å². The number of benzene rings is 2. The number of hydrogen-bond donors (Lipinski definition) is 2. The molecular weight excluding hydrogens is 358 g/mol. The first-order valence-electron chi connectivity index (χ1n) is 6.16. The number of anilines is 2. The lowest BCUT2D eigenvalue weighted by Crippen LogP contribution is -2.20. The molecule has 0 aromatic heterocycles. The van der Waals surface area contributed by atoms with Crippen LogP contribution in [0.2, 0.25) is 0 Å². The van der Waals surface area contributed by atoms with E-state index in [1.165, 1.54) is 6.07 Å². The van der Waals surface area contributed by atoms with Crippen molar-refractivity contribution < 1.29 is 8.78 Å². The summed E-state index contributed by atoms with van der Waals surface area (Å²) in [6, 6.07) is 7.88. The van der Waals surface area contributed by atoms with Gasteiger partial charge >= 0.3 is 0 Å². The van der Waals surface area contributed by atoms with E-state index in [0.717, 1.165) is 22.9 Å². The summed E-state index contributed by atoms with van der Waals surface area (Å²) in [5.41, 5.74) is 3.04. The molecule has 2 rings (SSSR count). The van der Waals surface area contributed by atoms with Crippen LogP contribution in [0.15, 0.2) is 34.8 Å². The summed E-state index contributed by atoms with van der Waals surface area (Å²) >= 11 is 8.28. The van der Waals surface area contributed by atoms with Gasteiger partial charge in [0.1, 0.15) is 5.82 Å². The minimum Gasteiger partial charge on any atom is -0.332 e. The summed E-state index contributed by atoms with van der Waals surface area (Å²) in [4.78, 5) is 0. The first kappa shape index (κ1) is 15.9. The van der Waals surface area contributed by atoms with Crippen LogP contribution < -0.4 is 10.6 Å². The molecule has 2 nitrogen and oxygen atoms in total. The molecular formula is C15H13BrF2N2S. The van der Waals surface area contributed by atoms with E-state index in [0.29, 0.717) is 0 Å². The molecule has 21 heavy (non-hydrogen) atoms. The molecule has 0 aliphatic carbocycles. The van der Waals surface area contributed by atoms with Crippen molar-refractivity contribution in [3.63, 3.8) is 0 Å². The Kier molecular flexibility index (Phi) is 4.90. The molecule has 110 valence electrons. The second-order valence-corrected chi connectivity index (χ2v) is 5.90. The third-order valence-electron chi connectivity index (χ3n) is 2.89. The Labute approximate surface area is 135 Å². The molecule has 0 spiro atoms. The second-order valence-electron chi connectivity index (χ2n) is 4.64. The van der Waals surface area contributed by atoms with Crippen LogP contribution in [0.4, 0.5) is 20.2 Å². The molecule has 0 aliphatic rings. The summed E-state index contributed by atoms with van der Waals surface area (Å²) < 4.78 is 27.0. The van der Waals surface area contributed by atoms with E-state index in [2.05, 4.69) is 26.6 Å². The standard InChI is InChI=1S/C15H13BrF2N2S/c1-8-3-4-9(2)13(5-8)19-15(21)20-14-11(16)6-10(17)7-12(14)18/h3-7H,1-2H3,(H2,19,20,21). The average molecular weight is 371 g/mol. The highest BCUT2D eigenvalue weighted by Gasteiger charge is 2.11. The number of hydrogen-bond acceptors (Lipinski definition) is 1. The van der Waals surface area contributed by atoms with Crippen molar-refractivity contribution in [3.05, 3.63) is 57.6 Å². The van der Waals surface area contributed by atoms with Gasteiger partial charge in [-0.15, -0.1) is 0 Å². The quantitative estimate of drug-likeness (QED) is 0.714. The van der Waals surface area contributed by atoms with Gasteiger partial charge in [-0.2, -0.15) is 0 Å². The largest absolute Gasteiger partial charge is 0.332 e. The fourth-order valence-corrected chi connectivity index (χ4v) is 2.52. The Morgan fingerprint density at radius 3 is 2.48 bits per heavy atom. The van der Waals surface area contributed by atoms with Crippen molar-refractivity contribution >= 4 is 44.6 Å². The highest BCUT2D eigenvalue weighted by atomic mass is 79.9. The summed E-state index contributed by atoms with van der Waals surface area (Å²) in [6.07, 6.45) is 0. The summed E-state index contributed by atoms with van der Waals surface area (Å²) in [5, 5.41) is 5.97. The van der Waals surface area contributed by atoms with Gasteiger partial charge in [-0.3, -0.25) is 0 Å². The normalized spacial score (nSPS) is 10.3. The van der Waals surface area contributed by atoms with Gasteiger partial charge in [0, 0.05) is 16.2 Å². The molecule has 0 heterocycles. The lowest BCUT2D eigenvalue weighted by atomic mass is 10.1. The van der Waals surface area contributed by atoms with Crippen molar-refractivity contribution in [1.29, 1.82) is 0 Å². The van der Waals surface area contributed by atoms with Gasteiger partial charge in [-0.1, -0.05) is 12.1 Å². The molecule has 0 saturated carbocycles. The van der Waals surface area contributed by atoms with E-state index < -0.39 is 11.6 Å². The molecule has 0 bridgehead atoms. The van der Waals surface area contributed by atoms with E-state index in [1.807, 2.05) is 32.0 Å². The molecule has 6 heteroatoms. The highest BCUT2D eigenvalue weighted by Crippen LogP contribution is 2.27. The molecule has 0 unspecified atom stereocenters.